The van der Waals surface area contributed by atoms with Crippen molar-refractivity contribution in [2.75, 3.05) is 0 Å². The molecule has 6 heavy (non-hydrogen) atoms. The third-order valence-corrected chi connectivity index (χ3v) is 0.612. The lowest BCUT2D eigenvalue weighted by atomic mass is 9.81. The zero-order chi connectivity index (χ0) is 5.91. The summed E-state index contributed by atoms with van der Waals surface area (Å²) in [6, 6.07) is 0. The van der Waals surface area contributed by atoms with Crippen LogP contribution in [0.15, 0.2) is 0 Å². The van der Waals surface area contributed by atoms with Gasteiger partial charge in [-0.25, -0.2) is 0 Å². The van der Waals surface area contributed by atoms with Crippen molar-refractivity contribution in [1.29, 1.82) is 1.34 Å². The molecular formula is C5H12B. The highest BCUT2D eigenvalue weighted by atomic mass is 14.1. The van der Waals surface area contributed by atoms with Crippen LogP contribution in [-0.2, 0) is 0 Å². The van der Waals surface area contributed by atoms with Gasteiger partial charge >= 0.3 is 0 Å². The maximum Gasteiger partial charge on any atom is 0.0872 e. The summed E-state index contributed by atoms with van der Waals surface area (Å²) in [7, 11) is 1.46. The predicted octanol–water partition coefficient (Wildman–Crippen LogP) is 1.35. The van der Waals surface area contributed by atoms with Crippen LogP contribution in [0.1, 0.15) is 20.8 Å². The molecule has 0 bridgehead atoms. The first-order valence-corrected chi connectivity index (χ1v) is 2.26. The first-order chi connectivity index (χ1) is 3.06. The van der Waals surface area contributed by atoms with Crippen LogP contribution in [0.4, 0.5) is 0 Å². The van der Waals surface area contributed by atoms with Crippen LogP contribution in [0.2, 0.25) is 6.32 Å². The van der Waals surface area contributed by atoms with Gasteiger partial charge in [0.1, 0.15) is 0 Å². The normalized spacial score (nSPS) is 13.5. The Balaban J connectivity index is 3.15. The van der Waals surface area contributed by atoms with E-state index in [0.717, 1.165) is 6.32 Å². The Morgan fingerprint density at radius 2 is 2.17 bits per heavy atom. The van der Waals surface area contributed by atoms with E-state index in [-0.39, 0.29) is 0 Å². The van der Waals surface area contributed by atoms with Crippen molar-refractivity contribution in [3.63, 3.8) is 0 Å². The number of hydrogen-bond donors (Lipinski definition) is 0. The SMILES string of the molecule is [2H][B]CC(C)(C)C. The Morgan fingerprint density at radius 3 is 2.17 bits per heavy atom. The van der Waals surface area contributed by atoms with E-state index in [1.165, 1.54) is 7.81 Å². The van der Waals surface area contributed by atoms with Crippen LogP contribution < -0.4 is 0 Å². The van der Waals surface area contributed by atoms with Gasteiger partial charge in [-0.05, 0) is 6.75 Å². The second-order valence-corrected chi connectivity index (χ2v) is 2.76. The zero-order valence-corrected chi connectivity index (χ0v) is 4.78. The summed E-state index contributed by atoms with van der Waals surface area (Å²) < 4.78 is 6.73. The maximum atomic E-state index is 6.73. The van der Waals surface area contributed by atoms with Crippen LogP contribution in [-0.4, -0.2) is 9.15 Å². The van der Waals surface area contributed by atoms with Gasteiger partial charge in [-0.1, -0.05) is 27.1 Å². The van der Waals surface area contributed by atoms with Crippen molar-refractivity contribution in [2.45, 2.75) is 27.1 Å². The molecule has 0 nitrogen and oxygen atoms in total. The topological polar surface area (TPSA) is 0 Å². The average Bonchev–Trinajstić information content (AvgIpc) is 1.30. The monoisotopic (exact) mass is 84.1 g/mol. The van der Waals surface area contributed by atoms with E-state index in [4.69, 9.17) is 1.34 Å². The fourth-order valence-electron chi connectivity index (χ4n) is 0. The first kappa shape index (κ1) is 4.23. The summed E-state index contributed by atoms with van der Waals surface area (Å²) in [5.74, 6) is 0. The molecular weight excluding hydrogens is 70.9 g/mol. The van der Waals surface area contributed by atoms with Gasteiger partial charge in [-0.2, -0.15) is 0 Å². The molecule has 1 heteroatoms. The molecule has 0 atom stereocenters. The van der Waals surface area contributed by atoms with Crippen LogP contribution >= 0.6 is 0 Å². The summed E-state index contributed by atoms with van der Waals surface area (Å²) >= 11 is 0. The van der Waals surface area contributed by atoms with Gasteiger partial charge in [0.05, 0.1) is 7.81 Å². The van der Waals surface area contributed by atoms with E-state index >= 15 is 0 Å². The maximum absolute atomic E-state index is 6.73. The van der Waals surface area contributed by atoms with Crippen LogP contribution in [0.5, 0.6) is 0 Å². The summed E-state index contributed by atoms with van der Waals surface area (Å²) in [5.41, 5.74) is 0.307. The largest absolute Gasteiger partial charge is 0.0872 e. The second-order valence-electron chi connectivity index (χ2n) is 2.76. The predicted molar refractivity (Wildman–Crippen MR) is 31.4 cm³/mol. The molecule has 0 aromatic rings. The fraction of sp³-hybridized carbons (Fsp3) is 1.00. The van der Waals surface area contributed by atoms with Crippen molar-refractivity contribution < 1.29 is 0 Å². The summed E-state index contributed by atoms with van der Waals surface area (Å²) in [4.78, 5) is 0. The van der Waals surface area contributed by atoms with Gasteiger partial charge in [-0.15, -0.1) is 0 Å². The molecule has 0 saturated heterocycles. The molecule has 0 amide bonds. The summed E-state index contributed by atoms with van der Waals surface area (Å²) in [6.45, 7) is 6.37. The van der Waals surface area contributed by atoms with Gasteiger partial charge in [0.2, 0.25) is 0 Å². The third-order valence-electron chi connectivity index (χ3n) is 0.612. The lowest BCUT2D eigenvalue weighted by molar-refractivity contribution is 0.469. The van der Waals surface area contributed by atoms with Crippen molar-refractivity contribution in [3.8, 4) is 0 Å². The molecule has 0 N–H and O–H groups in total. The Hall–Kier alpha value is 0.0649. The molecule has 0 spiro atoms. The standard InChI is InChI=1S/C5H12B/c1-5(2,3)4-6/h6H,4H2,1-3H3/i6D. The molecule has 0 saturated carbocycles. The molecule has 0 unspecified atom stereocenters. The lowest BCUT2D eigenvalue weighted by Gasteiger charge is -2.12. The number of hydrogen-bond acceptors (Lipinski definition) is 0. The minimum atomic E-state index is 0.307. The molecule has 0 fully saturated rings. The molecule has 0 aliphatic heterocycles. The highest BCUT2D eigenvalue weighted by molar-refractivity contribution is 6.08. The fourth-order valence-corrected chi connectivity index (χ4v) is 0. The van der Waals surface area contributed by atoms with Crippen molar-refractivity contribution in [2.24, 2.45) is 5.41 Å². The Bertz CT molecular complexity index is 46.5. The van der Waals surface area contributed by atoms with Crippen molar-refractivity contribution in [1.82, 2.24) is 0 Å². The molecule has 0 rings (SSSR count). The van der Waals surface area contributed by atoms with Crippen molar-refractivity contribution in [3.05, 3.63) is 0 Å². The molecule has 0 aromatic heterocycles. The lowest BCUT2D eigenvalue weighted by Crippen LogP contribution is -2.01. The Kier molecular flexibility index (Phi) is 1.18. The number of rotatable bonds is 1. The van der Waals surface area contributed by atoms with Crippen LogP contribution in [0, 0.1) is 5.41 Å². The highest BCUT2D eigenvalue weighted by Gasteiger charge is 2.03. The summed E-state index contributed by atoms with van der Waals surface area (Å²) in [5, 5.41) is 0. The zero-order valence-electron chi connectivity index (χ0n) is 5.78. The molecule has 0 aromatic carbocycles. The minimum absolute atomic E-state index is 0.307. The van der Waals surface area contributed by atoms with E-state index in [1.54, 1.807) is 0 Å². The third kappa shape index (κ3) is 4.06. The Morgan fingerprint density at radius 1 is 1.67 bits per heavy atom. The molecule has 35 valence electrons. The molecule has 0 heterocycles. The quantitative estimate of drug-likeness (QED) is 0.420. The first-order valence-electron chi connectivity index (χ1n) is 2.84. The van der Waals surface area contributed by atoms with Crippen LogP contribution in [0.25, 0.3) is 0 Å². The smallest absolute Gasteiger partial charge is 0.0798 e. The van der Waals surface area contributed by atoms with E-state index < -0.39 is 0 Å². The Labute approximate surface area is 42.7 Å². The van der Waals surface area contributed by atoms with Gasteiger partial charge in [0.25, 0.3) is 0 Å². The minimum Gasteiger partial charge on any atom is -0.0798 e. The average molecular weight is 84.0 g/mol. The van der Waals surface area contributed by atoms with E-state index in [1.807, 2.05) is 0 Å². The van der Waals surface area contributed by atoms with Gasteiger partial charge in [-0.3, -0.25) is 0 Å². The highest BCUT2D eigenvalue weighted by Crippen LogP contribution is 2.15. The second kappa shape index (κ2) is 1.68. The van der Waals surface area contributed by atoms with Gasteiger partial charge < -0.3 is 0 Å². The van der Waals surface area contributed by atoms with Crippen molar-refractivity contribution >= 4 is 7.81 Å². The van der Waals surface area contributed by atoms with Gasteiger partial charge in [0, 0.05) is 0 Å². The molecule has 1 radical (unpaired) electrons. The van der Waals surface area contributed by atoms with E-state index in [2.05, 4.69) is 20.8 Å². The van der Waals surface area contributed by atoms with Crippen LogP contribution in [0.3, 0.4) is 0 Å². The molecule has 0 aliphatic carbocycles. The summed E-state index contributed by atoms with van der Waals surface area (Å²) in [6.07, 6.45) is 0.882. The van der Waals surface area contributed by atoms with Gasteiger partial charge in [0.15, 0.2) is 0 Å². The van der Waals surface area contributed by atoms with E-state index in [9.17, 15) is 0 Å². The van der Waals surface area contributed by atoms with E-state index in [0.29, 0.717) is 5.41 Å². The molecule has 0 aliphatic rings.